The van der Waals surface area contributed by atoms with Crippen molar-refractivity contribution in [3.05, 3.63) is 33.9 Å². The minimum absolute atomic E-state index is 0.0333. The lowest BCUT2D eigenvalue weighted by atomic mass is 9.93. The zero-order valence-electron chi connectivity index (χ0n) is 11.2. The first-order chi connectivity index (χ1) is 8.72. The van der Waals surface area contributed by atoms with E-state index in [-0.39, 0.29) is 11.2 Å². The first-order valence-electron chi connectivity index (χ1n) is 5.86. The summed E-state index contributed by atoms with van der Waals surface area (Å²) in [6, 6.07) is 4.00. The van der Waals surface area contributed by atoms with Crippen molar-refractivity contribution < 1.29 is 19.6 Å². The number of carboxylic acid groups (broad SMARTS) is 1. The molecule has 0 amide bonds. The van der Waals surface area contributed by atoms with E-state index in [4.69, 9.17) is 9.84 Å². The van der Waals surface area contributed by atoms with Crippen molar-refractivity contribution in [3.63, 3.8) is 0 Å². The Morgan fingerprint density at radius 1 is 1.42 bits per heavy atom. The average molecular weight is 267 g/mol. The highest BCUT2D eigenvalue weighted by molar-refractivity contribution is 5.95. The first kappa shape index (κ1) is 14.9. The molecule has 0 saturated carbocycles. The molecular weight excluding hydrogens is 250 g/mol. The number of carbonyl (C=O) groups is 1. The van der Waals surface area contributed by atoms with E-state index in [1.54, 1.807) is 0 Å². The minimum Gasteiger partial charge on any atom is -0.492 e. The number of benzene rings is 1. The van der Waals surface area contributed by atoms with Crippen LogP contribution in [0.3, 0.4) is 0 Å². The van der Waals surface area contributed by atoms with Gasteiger partial charge in [0.05, 0.1) is 11.5 Å². The van der Waals surface area contributed by atoms with Gasteiger partial charge in [0, 0.05) is 6.07 Å². The van der Waals surface area contributed by atoms with Gasteiger partial charge in [0.25, 0.3) is 5.69 Å². The van der Waals surface area contributed by atoms with Crippen LogP contribution in [0.25, 0.3) is 0 Å². The second kappa shape index (κ2) is 5.69. The maximum absolute atomic E-state index is 11.1. The van der Waals surface area contributed by atoms with Gasteiger partial charge >= 0.3 is 5.97 Å². The summed E-state index contributed by atoms with van der Waals surface area (Å²) in [4.78, 5) is 21.2. The summed E-state index contributed by atoms with van der Waals surface area (Å²) in [6.45, 7) is 6.40. The molecule has 0 radical (unpaired) electrons. The van der Waals surface area contributed by atoms with Gasteiger partial charge in [-0.2, -0.15) is 0 Å². The number of rotatable bonds is 5. The van der Waals surface area contributed by atoms with Crippen LogP contribution in [0.15, 0.2) is 18.2 Å². The number of hydrogen-bond acceptors (Lipinski definition) is 4. The number of nitrogens with zero attached hydrogens (tertiary/aromatic N) is 1. The van der Waals surface area contributed by atoms with Crippen LogP contribution >= 0.6 is 0 Å². The fraction of sp³-hybridized carbons (Fsp3) is 0.462. The van der Waals surface area contributed by atoms with Gasteiger partial charge in [-0.3, -0.25) is 10.1 Å². The van der Waals surface area contributed by atoms with Gasteiger partial charge in [0.2, 0.25) is 0 Å². The highest BCUT2D eigenvalue weighted by atomic mass is 16.6. The average Bonchev–Trinajstić information content (AvgIpc) is 2.26. The SMILES string of the molecule is CC(C)(C)CCOc1cccc([N+](=O)[O-])c1C(=O)O. The van der Waals surface area contributed by atoms with E-state index in [2.05, 4.69) is 0 Å². The zero-order valence-corrected chi connectivity index (χ0v) is 11.2. The molecule has 0 unspecified atom stereocenters. The molecule has 0 aliphatic carbocycles. The lowest BCUT2D eigenvalue weighted by molar-refractivity contribution is -0.385. The molecular formula is C13H17NO5. The van der Waals surface area contributed by atoms with E-state index in [9.17, 15) is 14.9 Å². The Hall–Kier alpha value is -2.11. The van der Waals surface area contributed by atoms with E-state index in [0.717, 1.165) is 12.5 Å². The highest BCUT2D eigenvalue weighted by Crippen LogP contribution is 2.29. The molecule has 0 fully saturated rings. The van der Waals surface area contributed by atoms with E-state index in [0.29, 0.717) is 6.61 Å². The monoisotopic (exact) mass is 267 g/mol. The van der Waals surface area contributed by atoms with Gasteiger partial charge in [-0.15, -0.1) is 0 Å². The molecule has 1 N–H and O–H groups in total. The third-order valence-corrected chi connectivity index (χ3v) is 2.52. The summed E-state index contributed by atoms with van der Waals surface area (Å²) >= 11 is 0. The molecule has 6 heteroatoms. The Morgan fingerprint density at radius 3 is 2.53 bits per heavy atom. The molecule has 0 atom stereocenters. The van der Waals surface area contributed by atoms with Crippen LogP contribution in [0.5, 0.6) is 5.75 Å². The van der Waals surface area contributed by atoms with Crippen LogP contribution in [0.2, 0.25) is 0 Å². The number of ether oxygens (including phenoxy) is 1. The molecule has 1 aromatic rings. The zero-order chi connectivity index (χ0) is 14.6. The second-order valence-electron chi connectivity index (χ2n) is 5.37. The molecule has 0 spiro atoms. The minimum atomic E-state index is -1.36. The van der Waals surface area contributed by atoms with Crippen LogP contribution < -0.4 is 4.74 Å². The molecule has 0 aromatic heterocycles. The van der Waals surface area contributed by atoms with Gasteiger partial charge in [-0.1, -0.05) is 26.8 Å². The fourth-order valence-corrected chi connectivity index (χ4v) is 1.47. The summed E-state index contributed by atoms with van der Waals surface area (Å²) in [7, 11) is 0. The van der Waals surface area contributed by atoms with Crippen molar-refractivity contribution in [1.29, 1.82) is 0 Å². The molecule has 0 aliphatic heterocycles. The maximum Gasteiger partial charge on any atom is 0.346 e. The number of hydrogen-bond donors (Lipinski definition) is 1. The highest BCUT2D eigenvalue weighted by Gasteiger charge is 2.24. The second-order valence-corrected chi connectivity index (χ2v) is 5.37. The van der Waals surface area contributed by atoms with Crippen molar-refractivity contribution in [2.45, 2.75) is 27.2 Å². The number of aromatic carboxylic acids is 1. The van der Waals surface area contributed by atoms with Crippen LogP contribution in [0.4, 0.5) is 5.69 Å². The van der Waals surface area contributed by atoms with E-state index in [1.807, 2.05) is 20.8 Å². The predicted octanol–water partition coefficient (Wildman–Crippen LogP) is 3.11. The van der Waals surface area contributed by atoms with Crippen molar-refractivity contribution in [2.75, 3.05) is 6.61 Å². The Labute approximate surface area is 111 Å². The van der Waals surface area contributed by atoms with Gasteiger partial charge in [0.15, 0.2) is 5.56 Å². The Bertz CT molecular complexity index is 490. The predicted molar refractivity (Wildman–Crippen MR) is 69.6 cm³/mol. The molecule has 1 rings (SSSR count). The Balaban J connectivity index is 2.98. The van der Waals surface area contributed by atoms with Gasteiger partial charge in [-0.05, 0) is 17.9 Å². The fourth-order valence-electron chi connectivity index (χ4n) is 1.47. The van der Waals surface area contributed by atoms with Crippen LogP contribution in [0, 0.1) is 15.5 Å². The summed E-state index contributed by atoms with van der Waals surface area (Å²) in [5.41, 5.74) is -0.813. The topological polar surface area (TPSA) is 89.7 Å². The molecule has 1 aromatic carbocycles. The molecule has 104 valence electrons. The Kier molecular flexibility index (Phi) is 4.47. The van der Waals surface area contributed by atoms with Crippen molar-refractivity contribution in [3.8, 4) is 5.75 Å². The van der Waals surface area contributed by atoms with E-state index < -0.39 is 22.1 Å². The summed E-state index contributed by atoms with van der Waals surface area (Å²) in [5.74, 6) is -1.33. The van der Waals surface area contributed by atoms with E-state index >= 15 is 0 Å². The molecule has 0 heterocycles. The molecule has 6 nitrogen and oxygen atoms in total. The van der Waals surface area contributed by atoms with E-state index in [1.165, 1.54) is 12.1 Å². The van der Waals surface area contributed by atoms with Gasteiger partial charge < -0.3 is 9.84 Å². The standard InChI is InChI=1S/C13H17NO5/c1-13(2,3)7-8-19-10-6-4-5-9(14(17)18)11(10)12(15)16/h4-6H,7-8H2,1-3H3,(H,15,16). The summed E-state index contributed by atoms with van der Waals surface area (Å²) < 4.78 is 5.38. The molecule has 19 heavy (non-hydrogen) atoms. The third-order valence-electron chi connectivity index (χ3n) is 2.52. The van der Waals surface area contributed by atoms with Crippen molar-refractivity contribution >= 4 is 11.7 Å². The van der Waals surface area contributed by atoms with Crippen LogP contribution in [0.1, 0.15) is 37.6 Å². The molecule has 0 aliphatic rings. The Morgan fingerprint density at radius 2 is 2.05 bits per heavy atom. The van der Waals surface area contributed by atoms with Crippen molar-refractivity contribution in [1.82, 2.24) is 0 Å². The smallest absolute Gasteiger partial charge is 0.346 e. The quantitative estimate of drug-likeness (QED) is 0.654. The van der Waals surface area contributed by atoms with Crippen LogP contribution in [-0.4, -0.2) is 22.6 Å². The maximum atomic E-state index is 11.1. The molecule has 0 bridgehead atoms. The first-order valence-corrected chi connectivity index (χ1v) is 5.86. The summed E-state index contributed by atoms with van der Waals surface area (Å²) in [5, 5.41) is 19.9. The third kappa shape index (κ3) is 4.24. The normalized spacial score (nSPS) is 11.1. The van der Waals surface area contributed by atoms with Gasteiger partial charge in [-0.25, -0.2) is 4.79 Å². The van der Waals surface area contributed by atoms with Crippen LogP contribution in [-0.2, 0) is 0 Å². The largest absolute Gasteiger partial charge is 0.492 e. The number of nitro groups is 1. The summed E-state index contributed by atoms with van der Waals surface area (Å²) in [6.07, 6.45) is 0.717. The van der Waals surface area contributed by atoms with Crippen molar-refractivity contribution in [2.24, 2.45) is 5.41 Å². The lowest BCUT2D eigenvalue weighted by Gasteiger charge is -2.18. The molecule has 0 saturated heterocycles. The lowest BCUT2D eigenvalue weighted by Crippen LogP contribution is -2.13. The number of nitro benzene ring substituents is 1. The van der Waals surface area contributed by atoms with Gasteiger partial charge in [0.1, 0.15) is 5.75 Å². The number of carboxylic acids is 1.